The molecule has 1 aliphatic heterocycles. The van der Waals surface area contributed by atoms with Crippen molar-refractivity contribution in [3.05, 3.63) is 35.9 Å². The lowest BCUT2D eigenvalue weighted by atomic mass is 9.99. The molecule has 0 fully saturated rings. The van der Waals surface area contributed by atoms with E-state index in [4.69, 9.17) is 18.9 Å². The Bertz CT molecular complexity index is 891. The van der Waals surface area contributed by atoms with Gasteiger partial charge in [-0.3, -0.25) is 4.79 Å². The van der Waals surface area contributed by atoms with Crippen molar-refractivity contribution in [2.75, 3.05) is 34.5 Å². The molecular formula is C24H31NO5. The molecule has 162 valence electrons. The number of ether oxygens (including phenoxy) is 4. The number of carbonyl (C=O) groups excluding carboxylic acids is 1. The first kappa shape index (κ1) is 21.8. The van der Waals surface area contributed by atoms with E-state index >= 15 is 0 Å². The first-order chi connectivity index (χ1) is 14.6. The number of fused-ring (bicyclic) bond motifs is 1. The smallest absolute Gasteiger partial charge is 0.226 e. The van der Waals surface area contributed by atoms with Crippen LogP contribution >= 0.6 is 0 Å². The lowest BCUT2D eigenvalue weighted by Gasteiger charge is -2.24. The monoisotopic (exact) mass is 413 g/mol. The van der Waals surface area contributed by atoms with Gasteiger partial charge in [0.15, 0.2) is 23.0 Å². The third-order valence-electron chi connectivity index (χ3n) is 5.68. The molecule has 0 spiro atoms. The summed E-state index contributed by atoms with van der Waals surface area (Å²) in [5, 5.41) is 0. The predicted molar refractivity (Wildman–Crippen MR) is 117 cm³/mol. The first-order valence-corrected chi connectivity index (χ1v) is 10.4. The molecule has 0 atom stereocenters. The van der Waals surface area contributed by atoms with Gasteiger partial charge in [0.1, 0.15) is 6.61 Å². The Morgan fingerprint density at radius 3 is 2.27 bits per heavy atom. The highest BCUT2D eigenvalue weighted by atomic mass is 16.5. The van der Waals surface area contributed by atoms with Gasteiger partial charge in [-0.1, -0.05) is 19.9 Å². The van der Waals surface area contributed by atoms with Gasteiger partial charge >= 0.3 is 0 Å². The van der Waals surface area contributed by atoms with Crippen LogP contribution in [0.15, 0.2) is 30.3 Å². The summed E-state index contributed by atoms with van der Waals surface area (Å²) in [7, 11) is 4.87. The van der Waals surface area contributed by atoms with Crippen LogP contribution in [0.25, 0.3) is 11.1 Å². The Labute approximate surface area is 178 Å². The number of rotatable bonds is 7. The van der Waals surface area contributed by atoms with Crippen LogP contribution < -0.4 is 18.9 Å². The van der Waals surface area contributed by atoms with E-state index in [0.717, 1.165) is 29.5 Å². The molecule has 0 bridgehead atoms. The van der Waals surface area contributed by atoms with Gasteiger partial charge in [-0.25, -0.2) is 0 Å². The number of benzene rings is 2. The van der Waals surface area contributed by atoms with Gasteiger partial charge in [0.05, 0.1) is 27.9 Å². The van der Waals surface area contributed by atoms with Crippen LogP contribution in [0.1, 0.15) is 32.3 Å². The molecular weight excluding hydrogens is 382 g/mol. The fraction of sp³-hybridized carbons (Fsp3) is 0.458. The van der Waals surface area contributed by atoms with Gasteiger partial charge in [-0.15, -0.1) is 0 Å². The normalized spacial score (nSPS) is 13.3. The fourth-order valence-corrected chi connectivity index (χ4v) is 3.90. The molecule has 3 rings (SSSR count). The summed E-state index contributed by atoms with van der Waals surface area (Å²) in [4.78, 5) is 14.9. The molecule has 0 saturated heterocycles. The predicted octanol–water partition coefficient (Wildman–Crippen LogP) is 4.54. The lowest BCUT2D eigenvalue weighted by Crippen LogP contribution is -2.36. The summed E-state index contributed by atoms with van der Waals surface area (Å²) in [6.07, 6.45) is 1.68. The van der Waals surface area contributed by atoms with Gasteiger partial charge in [-0.05, 0) is 48.2 Å². The van der Waals surface area contributed by atoms with Crippen molar-refractivity contribution in [3.8, 4) is 34.1 Å². The Morgan fingerprint density at radius 1 is 0.967 bits per heavy atom. The van der Waals surface area contributed by atoms with E-state index in [9.17, 15) is 4.79 Å². The summed E-state index contributed by atoms with van der Waals surface area (Å²) in [6.45, 7) is 5.64. The maximum absolute atomic E-state index is 13.0. The average molecular weight is 414 g/mol. The quantitative estimate of drug-likeness (QED) is 0.667. The molecule has 6 nitrogen and oxygen atoms in total. The standard InChI is InChI=1S/C24H31NO5/c1-6-16(7-2)24(26)25-10-11-30-23-19(15-25)12-18(14-22(23)29-5)17-8-9-20(27-3)21(13-17)28-4/h8-9,12-14,16H,6-7,10-11,15H2,1-5H3. The molecule has 0 unspecified atom stereocenters. The summed E-state index contributed by atoms with van der Waals surface area (Å²) in [5.74, 6) is 2.93. The number of hydrogen-bond donors (Lipinski definition) is 0. The van der Waals surface area contributed by atoms with E-state index < -0.39 is 0 Å². The second-order valence-electron chi connectivity index (χ2n) is 7.36. The zero-order valence-electron chi connectivity index (χ0n) is 18.5. The Kier molecular flexibility index (Phi) is 7.08. The molecule has 2 aromatic rings. The van der Waals surface area contributed by atoms with Crippen molar-refractivity contribution >= 4 is 5.91 Å². The Balaban J connectivity index is 2.01. The molecule has 0 saturated carbocycles. The van der Waals surface area contributed by atoms with Gasteiger partial charge in [0.2, 0.25) is 5.91 Å². The third kappa shape index (κ3) is 4.32. The third-order valence-corrected chi connectivity index (χ3v) is 5.68. The van der Waals surface area contributed by atoms with Crippen molar-refractivity contribution in [2.24, 2.45) is 5.92 Å². The maximum atomic E-state index is 13.0. The van der Waals surface area contributed by atoms with Crippen LogP contribution in [0.2, 0.25) is 0 Å². The van der Waals surface area contributed by atoms with Gasteiger partial charge in [-0.2, -0.15) is 0 Å². The molecule has 2 aromatic carbocycles. The minimum Gasteiger partial charge on any atom is -0.493 e. The highest BCUT2D eigenvalue weighted by molar-refractivity contribution is 5.79. The Morgan fingerprint density at radius 2 is 1.63 bits per heavy atom. The molecule has 0 radical (unpaired) electrons. The highest BCUT2D eigenvalue weighted by Gasteiger charge is 2.26. The molecule has 30 heavy (non-hydrogen) atoms. The second-order valence-corrected chi connectivity index (χ2v) is 7.36. The average Bonchev–Trinajstić information content (AvgIpc) is 3.01. The first-order valence-electron chi connectivity index (χ1n) is 10.4. The van der Waals surface area contributed by atoms with Crippen LogP contribution in [0.5, 0.6) is 23.0 Å². The zero-order valence-corrected chi connectivity index (χ0v) is 18.5. The number of amides is 1. The fourth-order valence-electron chi connectivity index (χ4n) is 3.90. The highest BCUT2D eigenvalue weighted by Crippen LogP contribution is 2.40. The van der Waals surface area contributed by atoms with Crippen molar-refractivity contribution < 1.29 is 23.7 Å². The van der Waals surface area contributed by atoms with Crippen LogP contribution in [0.4, 0.5) is 0 Å². The molecule has 1 heterocycles. The zero-order chi connectivity index (χ0) is 21.7. The number of methoxy groups -OCH3 is 3. The number of hydrogen-bond acceptors (Lipinski definition) is 5. The van der Waals surface area contributed by atoms with Crippen LogP contribution in [0.3, 0.4) is 0 Å². The number of nitrogens with zero attached hydrogens (tertiary/aromatic N) is 1. The second kappa shape index (κ2) is 9.74. The Hall–Kier alpha value is -2.89. The van der Waals surface area contributed by atoms with E-state index in [-0.39, 0.29) is 11.8 Å². The molecule has 0 N–H and O–H groups in total. The SMILES string of the molecule is CCC(CC)C(=O)N1CCOc2c(cc(-c3ccc(OC)c(OC)c3)cc2OC)C1. The number of carbonyl (C=O) groups is 1. The summed E-state index contributed by atoms with van der Waals surface area (Å²) in [5.41, 5.74) is 2.87. The molecule has 0 aromatic heterocycles. The van der Waals surface area contributed by atoms with Gasteiger partial charge in [0, 0.05) is 18.0 Å². The van der Waals surface area contributed by atoms with Crippen molar-refractivity contribution in [2.45, 2.75) is 33.2 Å². The molecule has 1 aliphatic rings. The van der Waals surface area contributed by atoms with E-state index in [1.54, 1.807) is 21.3 Å². The summed E-state index contributed by atoms with van der Waals surface area (Å²) >= 11 is 0. The van der Waals surface area contributed by atoms with E-state index in [2.05, 4.69) is 19.9 Å². The van der Waals surface area contributed by atoms with E-state index in [1.807, 2.05) is 29.2 Å². The van der Waals surface area contributed by atoms with Crippen LogP contribution in [-0.4, -0.2) is 45.3 Å². The maximum Gasteiger partial charge on any atom is 0.226 e. The van der Waals surface area contributed by atoms with Crippen LogP contribution in [0, 0.1) is 5.92 Å². The molecule has 6 heteroatoms. The van der Waals surface area contributed by atoms with Crippen molar-refractivity contribution in [1.29, 1.82) is 0 Å². The van der Waals surface area contributed by atoms with E-state index in [0.29, 0.717) is 42.7 Å². The molecule has 1 amide bonds. The van der Waals surface area contributed by atoms with Gasteiger partial charge < -0.3 is 23.8 Å². The van der Waals surface area contributed by atoms with Gasteiger partial charge in [0.25, 0.3) is 0 Å². The minimum absolute atomic E-state index is 0.0440. The van der Waals surface area contributed by atoms with E-state index in [1.165, 1.54) is 0 Å². The lowest BCUT2D eigenvalue weighted by molar-refractivity contribution is -0.136. The van der Waals surface area contributed by atoms with Crippen molar-refractivity contribution in [1.82, 2.24) is 4.90 Å². The molecule has 0 aliphatic carbocycles. The largest absolute Gasteiger partial charge is 0.493 e. The summed E-state index contributed by atoms with van der Waals surface area (Å²) < 4.78 is 22.4. The van der Waals surface area contributed by atoms with Crippen LogP contribution in [-0.2, 0) is 11.3 Å². The minimum atomic E-state index is 0.0440. The van der Waals surface area contributed by atoms with Crippen molar-refractivity contribution in [3.63, 3.8) is 0 Å². The summed E-state index contributed by atoms with van der Waals surface area (Å²) in [6, 6.07) is 9.82. The topological polar surface area (TPSA) is 57.2 Å².